The Balaban J connectivity index is 2.63. The van der Waals surface area contributed by atoms with Crippen LogP contribution in [0.25, 0.3) is 0 Å². The third-order valence-corrected chi connectivity index (χ3v) is 1.88. The molecule has 1 aromatic rings. The number of terminal acetylenes is 1. The maximum absolute atomic E-state index is 11.4. The Bertz CT molecular complexity index is 400. The highest BCUT2D eigenvalue weighted by Crippen LogP contribution is 2.11. The van der Waals surface area contributed by atoms with E-state index in [0.29, 0.717) is 10.8 Å². The summed E-state index contributed by atoms with van der Waals surface area (Å²) in [6.45, 7) is 0. The van der Waals surface area contributed by atoms with Gasteiger partial charge in [-0.2, -0.15) is 0 Å². The van der Waals surface area contributed by atoms with Crippen molar-refractivity contribution in [2.45, 2.75) is 12.5 Å². The Kier molecular flexibility index (Phi) is 4.10. The summed E-state index contributed by atoms with van der Waals surface area (Å²) in [6.07, 6.45) is 6.72. The van der Waals surface area contributed by atoms with Crippen LogP contribution in [0, 0.1) is 12.3 Å². The summed E-state index contributed by atoms with van der Waals surface area (Å²) < 4.78 is 0. The topological polar surface area (TPSA) is 68.0 Å². The molecule has 1 aromatic heterocycles. The third kappa shape index (κ3) is 3.58. The van der Waals surface area contributed by atoms with Crippen LogP contribution in [0.3, 0.4) is 0 Å². The van der Waals surface area contributed by atoms with Crippen molar-refractivity contribution in [2.75, 3.05) is 5.32 Å². The molecule has 0 aliphatic carbocycles. The molecule has 3 N–H and O–H groups in total. The second kappa shape index (κ2) is 5.35. The number of amides is 1. The fourth-order valence-electron chi connectivity index (χ4n) is 0.912. The molecule has 0 aliphatic heterocycles. The number of nitrogens with one attached hydrogen (secondary N) is 1. The van der Waals surface area contributed by atoms with Gasteiger partial charge in [-0.05, 0) is 12.1 Å². The highest BCUT2D eigenvalue weighted by Gasteiger charge is 2.12. The standard InChI is InChI=1S/C10H10ClN3O/c1-2-3-8(12)10(15)14-9-6-7(11)4-5-13-9/h1,4-6,8H,3,12H2,(H,13,14,15). The lowest BCUT2D eigenvalue weighted by Gasteiger charge is -2.08. The fraction of sp³-hybridized carbons (Fsp3) is 0.200. The van der Waals surface area contributed by atoms with Gasteiger partial charge >= 0.3 is 0 Å². The lowest BCUT2D eigenvalue weighted by Crippen LogP contribution is -2.35. The number of hydrogen-bond acceptors (Lipinski definition) is 3. The van der Waals surface area contributed by atoms with E-state index in [4.69, 9.17) is 23.8 Å². The van der Waals surface area contributed by atoms with Gasteiger partial charge in [0.1, 0.15) is 5.82 Å². The fourth-order valence-corrected chi connectivity index (χ4v) is 1.07. The molecule has 1 unspecified atom stereocenters. The van der Waals surface area contributed by atoms with E-state index in [9.17, 15) is 4.79 Å². The van der Waals surface area contributed by atoms with Crippen molar-refractivity contribution >= 4 is 23.3 Å². The van der Waals surface area contributed by atoms with Crippen LogP contribution in [0.1, 0.15) is 6.42 Å². The van der Waals surface area contributed by atoms with Crippen molar-refractivity contribution in [3.63, 3.8) is 0 Å². The number of rotatable bonds is 3. The minimum absolute atomic E-state index is 0.187. The first kappa shape index (κ1) is 11.5. The van der Waals surface area contributed by atoms with E-state index in [1.165, 1.54) is 12.3 Å². The maximum Gasteiger partial charge on any atom is 0.243 e. The van der Waals surface area contributed by atoms with Gasteiger partial charge in [-0.25, -0.2) is 4.98 Å². The average molecular weight is 224 g/mol. The molecule has 0 radical (unpaired) electrons. The number of anilines is 1. The van der Waals surface area contributed by atoms with Crippen molar-refractivity contribution in [1.82, 2.24) is 4.98 Å². The zero-order chi connectivity index (χ0) is 11.3. The van der Waals surface area contributed by atoms with E-state index >= 15 is 0 Å². The van der Waals surface area contributed by atoms with Gasteiger partial charge in [-0.15, -0.1) is 12.3 Å². The number of aromatic nitrogens is 1. The predicted molar refractivity (Wildman–Crippen MR) is 59.3 cm³/mol. The molecule has 4 nitrogen and oxygen atoms in total. The summed E-state index contributed by atoms with van der Waals surface area (Å²) in [5.41, 5.74) is 5.50. The molecule has 0 saturated carbocycles. The Morgan fingerprint density at radius 3 is 3.13 bits per heavy atom. The lowest BCUT2D eigenvalue weighted by molar-refractivity contribution is -0.117. The second-order valence-corrected chi connectivity index (χ2v) is 3.30. The minimum Gasteiger partial charge on any atom is -0.319 e. The number of pyridine rings is 1. The van der Waals surface area contributed by atoms with E-state index < -0.39 is 6.04 Å². The summed E-state index contributed by atoms with van der Waals surface area (Å²) in [4.78, 5) is 15.3. The smallest absolute Gasteiger partial charge is 0.243 e. The summed E-state index contributed by atoms with van der Waals surface area (Å²) in [6, 6.07) is 2.41. The Labute approximate surface area is 92.8 Å². The van der Waals surface area contributed by atoms with Gasteiger partial charge < -0.3 is 11.1 Å². The van der Waals surface area contributed by atoms with Gasteiger partial charge in [-0.1, -0.05) is 11.6 Å². The monoisotopic (exact) mass is 223 g/mol. The number of carbonyl (C=O) groups is 1. The Hall–Kier alpha value is -1.57. The van der Waals surface area contributed by atoms with Crippen molar-refractivity contribution in [2.24, 2.45) is 5.73 Å². The summed E-state index contributed by atoms with van der Waals surface area (Å²) in [5, 5.41) is 3.00. The van der Waals surface area contributed by atoms with Crippen molar-refractivity contribution in [3.05, 3.63) is 23.4 Å². The molecule has 0 aliphatic rings. The first-order valence-corrected chi connectivity index (χ1v) is 4.62. The van der Waals surface area contributed by atoms with Crippen LogP contribution in [-0.2, 0) is 4.79 Å². The molecule has 0 bridgehead atoms. The van der Waals surface area contributed by atoms with Crippen molar-refractivity contribution < 1.29 is 4.79 Å². The predicted octanol–water partition coefficient (Wildman–Crippen LogP) is 1.02. The van der Waals surface area contributed by atoms with Crippen LogP contribution in [0.15, 0.2) is 18.3 Å². The highest BCUT2D eigenvalue weighted by molar-refractivity contribution is 6.30. The normalized spacial score (nSPS) is 11.5. The van der Waals surface area contributed by atoms with Gasteiger partial charge in [0.2, 0.25) is 5.91 Å². The van der Waals surface area contributed by atoms with Crippen LogP contribution in [0.4, 0.5) is 5.82 Å². The van der Waals surface area contributed by atoms with Gasteiger partial charge in [0.25, 0.3) is 0 Å². The molecule has 1 rings (SSSR count). The molecule has 1 amide bonds. The van der Waals surface area contributed by atoms with Crippen LogP contribution < -0.4 is 11.1 Å². The number of halogens is 1. The SMILES string of the molecule is C#CCC(N)C(=O)Nc1cc(Cl)ccn1. The summed E-state index contributed by atoms with van der Waals surface area (Å²) in [7, 11) is 0. The third-order valence-electron chi connectivity index (χ3n) is 1.65. The number of carbonyl (C=O) groups excluding carboxylic acids is 1. The first-order valence-electron chi connectivity index (χ1n) is 4.25. The molecule has 0 saturated heterocycles. The minimum atomic E-state index is -0.726. The van der Waals surface area contributed by atoms with E-state index in [-0.39, 0.29) is 12.3 Å². The van der Waals surface area contributed by atoms with Gasteiger partial charge in [0, 0.05) is 17.6 Å². The maximum atomic E-state index is 11.4. The van der Waals surface area contributed by atoms with Crippen molar-refractivity contribution in [1.29, 1.82) is 0 Å². The van der Waals surface area contributed by atoms with Gasteiger partial charge in [0.05, 0.1) is 6.04 Å². The van der Waals surface area contributed by atoms with E-state index in [0.717, 1.165) is 0 Å². The lowest BCUT2D eigenvalue weighted by atomic mass is 10.2. The quantitative estimate of drug-likeness (QED) is 0.752. The highest BCUT2D eigenvalue weighted by atomic mass is 35.5. The van der Waals surface area contributed by atoms with Gasteiger partial charge in [-0.3, -0.25) is 4.79 Å². The Morgan fingerprint density at radius 1 is 1.80 bits per heavy atom. The van der Waals surface area contributed by atoms with E-state index in [2.05, 4.69) is 16.2 Å². The van der Waals surface area contributed by atoms with E-state index in [1.54, 1.807) is 6.07 Å². The van der Waals surface area contributed by atoms with Crippen LogP contribution >= 0.6 is 11.6 Å². The summed E-state index contributed by atoms with van der Waals surface area (Å²) >= 11 is 5.71. The zero-order valence-corrected chi connectivity index (χ0v) is 8.66. The molecule has 0 spiro atoms. The number of nitrogens with two attached hydrogens (primary N) is 1. The molecule has 15 heavy (non-hydrogen) atoms. The second-order valence-electron chi connectivity index (χ2n) is 2.86. The molecular formula is C10H10ClN3O. The Morgan fingerprint density at radius 2 is 2.53 bits per heavy atom. The molecule has 1 atom stereocenters. The molecule has 0 fully saturated rings. The number of nitrogens with zero attached hydrogens (tertiary/aromatic N) is 1. The molecule has 1 heterocycles. The van der Waals surface area contributed by atoms with Crippen LogP contribution in [-0.4, -0.2) is 16.9 Å². The molecule has 5 heteroatoms. The summed E-state index contributed by atoms with van der Waals surface area (Å²) in [5.74, 6) is 2.30. The van der Waals surface area contributed by atoms with Gasteiger partial charge in [0.15, 0.2) is 0 Å². The molecular weight excluding hydrogens is 214 g/mol. The average Bonchev–Trinajstić information content (AvgIpc) is 2.18. The van der Waals surface area contributed by atoms with Crippen molar-refractivity contribution in [3.8, 4) is 12.3 Å². The largest absolute Gasteiger partial charge is 0.319 e. The van der Waals surface area contributed by atoms with Crippen LogP contribution in [0.5, 0.6) is 0 Å². The first-order chi connectivity index (χ1) is 7.13. The van der Waals surface area contributed by atoms with Crippen LogP contribution in [0.2, 0.25) is 5.02 Å². The number of hydrogen-bond donors (Lipinski definition) is 2. The van der Waals surface area contributed by atoms with E-state index in [1.807, 2.05) is 0 Å². The molecule has 0 aromatic carbocycles. The zero-order valence-electron chi connectivity index (χ0n) is 7.90. The molecule has 78 valence electrons.